The van der Waals surface area contributed by atoms with Crippen molar-refractivity contribution < 1.29 is 23.5 Å². The Balaban J connectivity index is 0.000000704. The molecule has 6 N–H and O–H groups in total. The highest BCUT2D eigenvalue weighted by molar-refractivity contribution is 6.23. The number of aldehydes is 2. The molecule has 3 aromatic rings. The van der Waals surface area contributed by atoms with Gasteiger partial charge in [0.25, 0.3) is 5.91 Å². The van der Waals surface area contributed by atoms with Crippen molar-refractivity contribution in [2.75, 3.05) is 28.3 Å². The predicted octanol–water partition coefficient (Wildman–Crippen LogP) is 6.72. The highest BCUT2D eigenvalue weighted by Crippen LogP contribution is 2.48. The lowest BCUT2D eigenvalue weighted by Crippen LogP contribution is -2.25. The molecule has 0 spiro atoms. The van der Waals surface area contributed by atoms with Crippen LogP contribution >= 0.6 is 0 Å². The second-order valence-corrected chi connectivity index (χ2v) is 10.7. The molecule has 4 rings (SSSR count). The molecule has 0 aliphatic heterocycles. The molecule has 1 atom stereocenters. The molecular formula is C38H56FN5O4. The molecule has 1 aliphatic rings. The second kappa shape index (κ2) is 24.7. The number of nitrogens with one attached hydrogen (secondary N) is 4. The van der Waals surface area contributed by atoms with Gasteiger partial charge >= 0.3 is 0 Å². The molecule has 1 fully saturated rings. The van der Waals surface area contributed by atoms with E-state index in [9.17, 15) is 18.8 Å². The van der Waals surface area contributed by atoms with Crippen LogP contribution in [0.4, 0.5) is 4.39 Å². The van der Waals surface area contributed by atoms with E-state index in [4.69, 9.17) is 15.9 Å². The molecular weight excluding hydrogens is 609 g/mol. The van der Waals surface area contributed by atoms with Crippen LogP contribution in [-0.2, 0) is 21.7 Å². The van der Waals surface area contributed by atoms with Gasteiger partial charge < -0.3 is 31.8 Å². The lowest BCUT2D eigenvalue weighted by atomic mass is 9.92. The Kier molecular flexibility index (Phi) is 22.4. The molecule has 1 saturated carbocycles. The molecule has 0 radical (unpaired) electrons. The summed E-state index contributed by atoms with van der Waals surface area (Å²) in [5.41, 5.74) is 9.86. The number of allylic oxidation sites excluding steroid dienone is 1. The van der Waals surface area contributed by atoms with E-state index in [0.717, 1.165) is 36.8 Å². The lowest BCUT2D eigenvalue weighted by Gasteiger charge is -2.19. The van der Waals surface area contributed by atoms with Gasteiger partial charge in [-0.3, -0.25) is 14.4 Å². The lowest BCUT2D eigenvalue weighted by molar-refractivity contribution is -0.131. The van der Waals surface area contributed by atoms with Gasteiger partial charge in [-0.05, 0) is 98.6 Å². The van der Waals surface area contributed by atoms with Gasteiger partial charge in [0.1, 0.15) is 5.75 Å². The normalized spacial score (nSPS) is 12.8. The molecule has 264 valence electrons. The Hall–Kier alpha value is -4.41. The van der Waals surface area contributed by atoms with Crippen LogP contribution in [-0.4, -0.2) is 59.1 Å². The van der Waals surface area contributed by atoms with Gasteiger partial charge in [0.05, 0.1) is 13.3 Å². The van der Waals surface area contributed by atoms with Crippen molar-refractivity contribution in [3.63, 3.8) is 0 Å². The third-order valence-corrected chi connectivity index (χ3v) is 7.36. The molecule has 1 amide bonds. The summed E-state index contributed by atoms with van der Waals surface area (Å²) in [4.78, 5) is 31.6. The molecule has 1 aliphatic carbocycles. The van der Waals surface area contributed by atoms with Crippen molar-refractivity contribution in [2.24, 2.45) is 5.73 Å². The average molecular weight is 666 g/mol. The Labute approximate surface area is 286 Å². The van der Waals surface area contributed by atoms with Gasteiger partial charge in [-0.1, -0.05) is 64.4 Å². The van der Waals surface area contributed by atoms with Crippen molar-refractivity contribution in [3.8, 4) is 5.75 Å². The van der Waals surface area contributed by atoms with Crippen LogP contribution in [0.3, 0.4) is 0 Å². The Morgan fingerprint density at radius 2 is 1.71 bits per heavy atom. The van der Waals surface area contributed by atoms with Crippen LogP contribution in [0.1, 0.15) is 86.8 Å². The molecule has 0 saturated heterocycles. The maximum atomic E-state index is 12.1. The fourth-order valence-electron chi connectivity index (χ4n) is 4.59. The molecule has 0 bridgehead atoms. The van der Waals surface area contributed by atoms with Gasteiger partial charge in [-0.15, -0.1) is 0 Å². The van der Waals surface area contributed by atoms with Gasteiger partial charge in [-0.2, -0.15) is 0 Å². The number of fused-ring (bicyclic) bond motifs is 1. The van der Waals surface area contributed by atoms with E-state index in [0.29, 0.717) is 29.6 Å². The van der Waals surface area contributed by atoms with Crippen LogP contribution in [0.25, 0.3) is 16.3 Å². The highest BCUT2D eigenvalue weighted by Gasteiger charge is 2.43. The number of nitrogens with two attached hydrogens (primary N) is 1. The molecule has 1 unspecified atom stereocenters. The summed E-state index contributed by atoms with van der Waals surface area (Å²) in [6.07, 6.45) is 7.80. The quantitative estimate of drug-likeness (QED) is 0.0820. The van der Waals surface area contributed by atoms with E-state index >= 15 is 0 Å². The van der Waals surface area contributed by atoms with Crippen LogP contribution in [0.5, 0.6) is 5.75 Å². The van der Waals surface area contributed by atoms with Crippen molar-refractivity contribution >= 4 is 41.0 Å². The number of amides is 1. The number of carbonyl (C=O) groups is 3. The van der Waals surface area contributed by atoms with Crippen molar-refractivity contribution in [2.45, 2.75) is 78.1 Å². The zero-order valence-electron chi connectivity index (χ0n) is 29.9. The predicted molar refractivity (Wildman–Crippen MR) is 198 cm³/mol. The molecule has 0 aromatic heterocycles. The minimum atomic E-state index is -0.715. The maximum Gasteiger partial charge on any atom is 0.284 e. The van der Waals surface area contributed by atoms with Gasteiger partial charge in [0, 0.05) is 35.6 Å². The number of benzene rings is 3. The first kappa shape index (κ1) is 43.6. The maximum absolute atomic E-state index is 12.1. The number of ether oxygens (including phenoxy) is 1. The molecule has 0 heterocycles. The molecule has 48 heavy (non-hydrogen) atoms. The third-order valence-electron chi connectivity index (χ3n) is 7.36. The van der Waals surface area contributed by atoms with E-state index < -0.39 is 12.1 Å². The van der Waals surface area contributed by atoms with Gasteiger partial charge in [0.15, 0.2) is 6.29 Å². The average Bonchev–Trinajstić information content (AvgIpc) is 3.94. The zero-order chi connectivity index (χ0) is 36.5. The van der Waals surface area contributed by atoms with Crippen molar-refractivity contribution in [1.29, 1.82) is 5.41 Å². The first-order chi connectivity index (χ1) is 23.2. The first-order valence-corrected chi connectivity index (χ1v) is 16.4. The minimum absolute atomic E-state index is 0.0946. The summed E-state index contributed by atoms with van der Waals surface area (Å²) < 4.78 is 17.1. The largest absolute Gasteiger partial charge is 0.497 e. The van der Waals surface area contributed by atoms with E-state index in [-0.39, 0.29) is 18.4 Å². The number of rotatable bonds is 12. The Morgan fingerprint density at radius 1 is 1.06 bits per heavy atom. The van der Waals surface area contributed by atoms with Crippen LogP contribution in [0.2, 0.25) is 0 Å². The third kappa shape index (κ3) is 14.1. The topological polar surface area (TPSA) is 146 Å². The van der Waals surface area contributed by atoms with E-state index in [1.165, 1.54) is 35.9 Å². The second-order valence-electron chi connectivity index (χ2n) is 10.7. The SMILES string of the molecule is CC.CCCC(F)CC.CNC.CNC1(c2cc(/C(C=N)=C/N)cc3ccccc23)CC1.COc1ccc(CNC(=O)C=O)c(C=O)c1. The van der Waals surface area contributed by atoms with E-state index in [2.05, 4.69) is 46.3 Å². The summed E-state index contributed by atoms with van der Waals surface area (Å²) in [6, 6.07) is 17.6. The minimum Gasteiger partial charge on any atom is -0.497 e. The zero-order valence-corrected chi connectivity index (χ0v) is 29.9. The number of methoxy groups -OCH3 is 1. The van der Waals surface area contributed by atoms with Crippen molar-refractivity contribution in [3.05, 3.63) is 83.1 Å². The molecule has 3 aromatic carbocycles. The summed E-state index contributed by atoms with van der Waals surface area (Å²) in [5, 5.41) is 18.5. The van der Waals surface area contributed by atoms with E-state index in [1.807, 2.05) is 54.9 Å². The van der Waals surface area contributed by atoms with Crippen LogP contribution in [0, 0.1) is 5.41 Å². The number of alkyl halides is 1. The van der Waals surface area contributed by atoms with E-state index in [1.54, 1.807) is 18.2 Å². The van der Waals surface area contributed by atoms with Crippen LogP contribution in [0.15, 0.2) is 60.8 Å². The summed E-state index contributed by atoms with van der Waals surface area (Å²) in [7, 11) is 7.27. The number of halogens is 1. The van der Waals surface area contributed by atoms with Gasteiger partial charge in [-0.25, -0.2) is 4.39 Å². The fraction of sp³-hybridized carbons (Fsp3) is 0.421. The summed E-state index contributed by atoms with van der Waals surface area (Å²) in [5.74, 6) is -0.153. The summed E-state index contributed by atoms with van der Waals surface area (Å²) in [6.45, 7) is 8.01. The standard InChI is InChI=1S/C17H19N3.C11H11NO4.C6H13F.C2H7N.C2H6/c1-20-17(6-7-17)16-9-13(14(10-18)11-19)8-12-4-2-3-5-15(12)16;1-16-10-3-2-8(9(4-10)6-13)5-12-11(15)7-14;1-3-5-6(7)4-2;1-3-2;1-2/h2-5,8-11,18,20H,6-7,19H2,1H3;2-4,6-7H,5H2,1H3,(H,12,15);6H,3-5H2,1-2H3;3H,1-2H3;1-2H3/b14-11+,18-10?;;;;. The smallest absolute Gasteiger partial charge is 0.284 e. The van der Waals surface area contributed by atoms with Crippen LogP contribution < -0.4 is 26.4 Å². The monoisotopic (exact) mass is 665 g/mol. The number of hydrogen-bond acceptors (Lipinski definition) is 8. The number of hydrogen-bond donors (Lipinski definition) is 5. The summed E-state index contributed by atoms with van der Waals surface area (Å²) >= 11 is 0. The first-order valence-electron chi connectivity index (χ1n) is 16.4. The Bertz CT molecular complexity index is 1440. The van der Waals surface area contributed by atoms with Gasteiger partial charge in [0.2, 0.25) is 6.29 Å². The van der Waals surface area contributed by atoms with Crippen molar-refractivity contribution in [1.82, 2.24) is 16.0 Å². The molecule has 10 heteroatoms. The number of carbonyl (C=O) groups excluding carboxylic acids is 3. The molecule has 9 nitrogen and oxygen atoms in total. The highest BCUT2D eigenvalue weighted by atomic mass is 19.1. The fourth-order valence-corrected chi connectivity index (χ4v) is 4.59. The Morgan fingerprint density at radius 3 is 2.17 bits per heavy atom.